The minimum atomic E-state index is -0.711. The van der Waals surface area contributed by atoms with Gasteiger partial charge in [-0.1, -0.05) is 52.3 Å². The van der Waals surface area contributed by atoms with Gasteiger partial charge in [0.25, 0.3) is 0 Å². The second-order valence-corrected chi connectivity index (χ2v) is 9.52. The van der Waals surface area contributed by atoms with E-state index >= 15 is 0 Å². The van der Waals surface area contributed by atoms with Gasteiger partial charge in [0.1, 0.15) is 24.4 Å². The molecule has 3 amide bonds. The Morgan fingerprint density at radius 1 is 1.06 bits per heavy atom. The number of carbonyl (C=O) groups excluding carboxylic acids is 3. The number of amides is 3. The summed E-state index contributed by atoms with van der Waals surface area (Å²) < 4.78 is 6.03. The molecule has 1 aliphatic heterocycles. The Morgan fingerprint density at radius 3 is 2.44 bits per heavy atom. The van der Waals surface area contributed by atoms with E-state index in [0.717, 1.165) is 30.6 Å². The molecule has 190 valence electrons. The first-order chi connectivity index (χ1) is 16.2. The quantitative estimate of drug-likeness (QED) is 0.623. The van der Waals surface area contributed by atoms with Gasteiger partial charge in [0, 0.05) is 20.1 Å². The number of hydrogen-bond acceptors (Lipinski definition) is 5. The molecule has 8 heteroatoms. The Bertz CT molecular complexity index is 829. The van der Waals surface area contributed by atoms with Crippen LogP contribution in [0.5, 0.6) is 5.75 Å². The van der Waals surface area contributed by atoms with Crippen molar-refractivity contribution in [2.24, 2.45) is 11.8 Å². The summed E-state index contributed by atoms with van der Waals surface area (Å²) >= 11 is 0. The molecule has 1 aromatic carbocycles. The van der Waals surface area contributed by atoms with Gasteiger partial charge in [0.2, 0.25) is 17.7 Å². The molecule has 0 radical (unpaired) electrons. The van der Waals surface area contributed by atoms with Gasteiger partial charge in [0.05, 0.1) is 6.04 Å². The smallest absolute Gasteiger partial charge is 0.243 e. The average molecular weight is 475 g/mol. The number of fused-ring (bicyclic) bond motifs is 1. The fourth-order valence-electron chi connectivity index (χ4n) is 3.99. The molecule has 0 bridgehead atoms. The molecule has 34 heavy (non-hydrogen) atoms. The zero-order valence-electron chi connectivity index (χ0n) is 21.5. The molecule has 3 N–H and O–H groups in total. The van der Waals surface area contributed by atoms with Gasteiger partial charge in [-0.25, -0.2) is 0 Å². The fraction of sp³-hybridized carbons (Fsp3) is 0.654. The molecule has 0 unspecified atom stereocenters. The van der Waals surface area contributed by atoms with Crippen molar-refractivity contribution in [2.45, 2.75) is 72.0 Å². The van der Waals surface area contributed by atoms with E-state index in [1.807, 2.05) is 52.0 Å². The first-order valence-corrected chi connectivity index (χ1v) is 12.5. The van der Waals surface area contributed by atoms with Crippen LogP contribution < -0.4 is 20.7 Å². The second-order valence-electron chi connectivity index (χ2n) is 9.52. The Balaban J connectivity index is 2.28. The Hall–Kier alpha value is -2.61. The fourth-order valence-corrected chi connectivity index (χ4v) is 3.99. The summed E-state index contributed by atoms with van der Waals surface area (Å²) in [4.78, 5) is 40.6. The Kier molecular flexibility index (Phi) is 10.8. The van der Waals surface area contributed by atoms with Crippen molar-refractivity contribution < 1.29 is 19.1 Å². The third kappa shape index (κ3) is 7.45. The molecule has 1 heterocycles. The number of benzene rings is 1. The number of carbonyl (C=O) groups is 3. The van der Waals surface area contributed by atoms with E-state index in [1.54, 1.807) is 14.0 Å². The molecule has 0 fully saturated rings. The van der Waals surface area contributed by atoms with Crippen LogP contribution in [-0.2, 0) is 20.8 Å². The average Bonchev–Trinajstić information content (AvgIpc) is 2.83. The molecule has 2 rings (SSSR count). The van der Waals surface area contributed by atoms with Gasteiger partial charge in [-0.2, -0.15) is 0 Å². The summed E-state index contributed by atoms with van der Waals surface area (Å²) in [7, 11) is 1.64. The zero-order chi connectivity index (χ0) is 25.3. The van der Waals surface area contributed by atoms with Gasteiger partial charge in [0.15, 0.2) is 0 Å². The van der Waals surface area contributed by atoms with Crippen LogP contribution in [0.4, 0.5) is 0 Å². The zero-order valence-corrected chi connectivity index (χ0v) is 21.5. The van der Waals surface area contributed by atoms with Crippen LogP contribution in [0.1, 0.15) is 53.0 Å². The van der Waals surface area contributed by atoms with Crippen molar-refractivity contribution in [1.29, 1.82) is 0 Å². The number of nitrogens with zero attached hydrogens (tertiary/aromatic N) is 1. The molecule has 1 aromatic rings. The first-order valence-electron chi connectivity index (χ1n) is 12.5. The van der Waals surface area contributed by atoms with Crippen LogP contribution in [0.25, 0.3) is 0 Å². The van der Waals surface area contributed by atoms with Crippen LogP contribution in [0.3, 0.4) is 0 Å². The Morgan fingerprint density at radius 2 is 1.76 bits per heavy atom. The summed E-state index contributed by atoms with van der Waals surface area (Å²) in [5.41, 5.74) is 1.08. The maximum atomic E-state index is 13.3. The topological polar surface area (TPSA) is 99.8 Å². The molecule has 1 aliphatic rings. The van der Waals surface area contributed by atoms with Gasteiger partial charge >= 0.3 is 0 Å². The SMILES string of the molecule is CC[C@H](C)[C@@H]1NCCOc2ccccc2CCCNC(=O)[C@@H](C(C)C)NC(=O)[C@@H](C)N(C)C1=O. The van der Waals surface area contributed by atoms with Crippen LogP contribution in [0.15, 0.2) is 24.3 Å². The molecular weight excluding hydrogens is 432 g/mol. The molecule has 0 aromatic heterocycles. The van der Waals surface area contributed by atoms with Gasteiger partial charge < -0.3 is 25.6 Å². The molecule has 0 saturated heterocycles. The largest absolute Gasteiger partial charge is 0.492 e. The lowest BCUT2D eigenvalue weighted by atomic mass is 9.97. The van der Waals surface area contributed by atoms with Gasteiger partial charge in [-0.15, -0.1) is 0 Å². The predicted octanol–water partition coefficient (Wildman–Crippen LogP) is 2.12. The monoisotopic (exact) mass is 474 g/mol. The van der Waals surface area contributed by atoms with Crippen LogP contribution in [0, 0.1) is 11.8 Å². The predicted molar refractivity (Wildman–Crippen MR) is 134 cm³/mol. The van der Waals surface area contributed by atoms with Crippen molar-refractivity contribution in [1.82, 2.24) is 20.9 Å². The molecule has 0 saturated carbocycles. The molecular formula is C26H42N4O4. The van der Waals surface area contributed by atoms with E-state index in [0.29, 0.717) is 19.7 Å². The lowest BCUT2D eigenvalue weighted by molar-refractivity contribution is -0.142. The van der Waals surface area contributed by atoms with E-state index < -0.39 is 18.1 Å². The minimum absolute atomic E-state index is 0.0808. The highest BCUT2D eigenvalue weighted by atomic mass is 16.5. The number of likely N-dealkylation sites (N-methyl/N-ethyl adjacent to an activating group) is 1. The summed E-state index contributed by atoms with van der Waals surface area (Å²) in [6.45, 7) is 11.0. The standard InChI is InChI=1S/C26H42N4O4/c1-7-18(4)23-26(33)30(6)19(5)24(31)29-22(17(2)3)25(32)28-14-10-12-20-11-8-9-13-21(20)34-16-15-27-23/h8-9,11,13,17-19,22-23,27H,7,10,12,14-16H2,1-6H3,(H,28,32)(H,29,31)/t18-,19+,22+,23-/m0/s1. The third-order valence-electron chi connectivity index (χ3n) is 6.65. The summed E-state index contributed by atoms with van der Waals surface area (Å²) in [5.74, 6) is 0.106. The lowest BCUT2D eigenvalue weighted by Crippen LogP contribution is -2.58. The van der Waals surface area contributed by atoms with Crippen molar-refractivity contribution >= 4 is 17.7 Å². The first kappa shape index (κ1) is 27.6. The van der Waals surface area contributed by atoms with Crippen molar-refractivity contribution in [3.05, 3.63) is 29.8 Å². The molecule has 0 aliphatic carbocycles. The van der Waals surface area contributed by atoms with E-state index in [4.69, 9.17) is 4.74 Å². The van der Waals surface area contributed by atoms with Crippen molar-refractivity contribution in [3.63, 3.8) is 0 Å². The highest BCUT2D eigenvalue weighted by Gasteiger charge is 2.33. The molecule has 0 spiro atoms. The van der Waals surface area contributed by atoms with Crippen LogP contribution in [-0.4, -0.2) is 67.5 Å². The van der Waals surface area contributed by atoms with E-state index in [9.17, 15) is 14.4 Å². The van der Waals surface area contributed by atoms with E-state index in [1.165, 1.54) is 4.90 Å². The Labute approximate surface area is 204 Å². The van der Waals surface area contributed by atoms with Crippen LogP contribution in [0.2, 0.25) is 0 Å². The summed E-state index contributed by atoms with van der Waals surface area (Å²) in [5, 5.41) is 9.15. The molecule has 4 atom stereocenters. The van der Waals surface area contributed by atoms with Crippen molar-refractivity contribution in [3.8, 4) is 5.75 Å². The van der Waals surface area contributed by atoms with Gasteiger partial charge in [-0.3, -0.25) is 14.4 Å². The minimum Gasteiger partial charge on any atom is -0.492 e. The maximum Gasteiger partial charge on any atom is 0.243 e. The summed E-state index contributed by atoms with van der Waals surface area (Å²) in [6.07, 6.45) is 2.34. The van der Waals surface area contributed by atoms with Crippen LogP contribution >= 0.6 is 0 Å². The number of ether oxygens (including phenoxy) is 1. The second kappa shape index (κ2) is 13.3. The number of rotatable bonds is 3. The maximum absolute atomic E-state index is 13.3. The van der Waals surface area contributed by atoms with E-state index in [-0.39, 0.29) is 29.6 Å². The molecule has 8 nitrogen and oxygen atoms in total. The van der Waals surface area contributed by atoms with Crippen molar-refractivity contribution in [2.75, 3.05) is 26.7 Å². The number of nitrogens with one attached hydrogen (secondary N) is 3. The lowest BCUT2D eigenvalue weighted by Gasteiger charge is -2.32. The highest BCUT2D eigenvalue weighted by Crippen LogP contribution is 2.20. The third-order valence-corrected chi connectivity index (χ3v) is 6.65. The number of hydrogen-bond donors (Lipinski definition) is 3. The van der Waals surface area contributed by atoms with E-state index in [2.05, 4.69) is 16.0 Å². The highest BCUT2D eigenvalue weighted by molar-refractivity contribution is 5.93. The number of para-hydroxylation sites is 1. The normalized spacial score (nSPS) is 24.9. The summed E-state index contributed by atoms with van der Waals surface area (Å²) in [6, 6.07) is 6.08. The number of aryl methyl sites for hydroxylation is 1. The van der Waals surface area contributed by atoms with Gasteiger partial charge in [-0.05, 0) is 43.2 Å².